The molecule has 0 fully saturated rings. The molecule has 0 aromatic heterocycles. The molecule has 0 aliphatic heterocycles. The van der Waals surface area contributed by atoms with Gasteiger partial charge in [-0.15, -0.1) is 19.0 Å². The van der Waals surface area contributed by atoms with Crippen molar-refractivity contribution in [2.24, 2.45) is 0 Å². The topological polar surface area (TPSA) is 21.3 Å². The van der Waals surface area contributed by atoms with E-state index >= 15 is 0 Å². The number of halogens is 3. The minimum atomic E-state index is 0. The van der Waals surface area contributed by atoms with Gasteiger partial charge in [0.1, 0.15) is 5.75 Å². The highest BCUT2D eigenvalue weighted by atomic mass is 79.9. The van der Waals surface area contributed by atoms with Gasteiger partial charge < -0.3 is 10.1 Å². The Morgan fingerprint density at radius 3 is 2.71 bits per heavy atom. The SMILES string of the molecule is C=CCNCc1cc(Br)cc(Br)c1OCC.Cl. The van der Waals surface area contributed by atoms with Gasteiger partial charge in [0.05, 0.1) is 11.1 Å². The van der Waals surface area contributed by atoms with Crippen molar-refractivity contribution in [2.75, 3.05) is 13.2 Å². The molecule has 1 rings (SSSR count). The third-order valence-electron chi connectivity index (χ3n) is 1.98. The van der Waals surface area contributed by atoms with Gasteiger partial charge in [0.15, 0.2) is 0 Å². The van der Waals surface area contributed by atoms with Crippen LogP contribution in [0.5, 0.6) is 5.75 Å². The summed E-state index contributed by atoms with van der Waals surface area (Å²) in [6, 6.07) is 4.05. The lowest BCUT2D eigenvalue weighted by Crippen LogP contribution is -2.13. The van der Waals surface area contributed by atoms with Crippen molar-refractivity contribution in [3.63, 3.8) is 0 Å². The van der Waals surface area contributed by atoms with Gasteiger partial charge in [0.25, 0.3) is 0 Å². The highest BCUT2D eigenvalue weighted by Gasteiger charge is 2.09. The largest absolute Gasteiger partial charge is 0.492 e. The van der Waals surface area contributed by atoms with Crippen molar-refractivity contribution in [1.82, 2.24) is 5.32 Å². The lowest BCUT2D eigenvalue weighted by atomic mass is 10.2. The molecule has 96 valence electrons. The van der Waals surface area contributed by atoms with E-state index in [-0.39, 0.29) is 12.4 Å². The summed E-state index contributed by atoms with van der Waals surface area (Å²) in [5, 5.41) is 3.26. The Morgan fingerprint density at radius 1 is 1.41 bits per heavy atom. The van der Waals surface area contributed by atoms with Gasteiger partial charge in [0.2, 0.25) is 0 Å². The number of rotatable bonds is 6. The fraction of sp³-hybridized carbons (Fsp3) is 0.333. The number of ether oxygens (including phenoxy) is 1. The molecule has 5 heteroatoms. The van der Waals surface area contributed by atoms with E-state index < -0.39 is 0 Å². The smallest absolute Gasteiger partial charge is 0.138 e. The van der Waals surface area contributed by atoms with Crippen molar-refractivity contribution >= 4 is 44.3 Å². The summed E-state index contributed by atoms with van der Waals surface area (Å²) >= 11 is 6.98. The fourth-order valence-electron chi connectivity index (χ4n) is 1.36. The van der Waals surface area contributed by atoms with Crippen molar-refractivity contribution in [3.8, 4) is 5.75 Å². The Kier molecular flexibility index (Phi) is 8.96. The molecule has 2 nitrogen and oxygen atoms in total. The summed E-state index contributed by atoms with van der Waals surface area (Å²) in [5.74, 6) is 0.905. The summed E-state index contributed by atoms with van der Waals surface area (Å²) in [6.45, 7) is 7.87. The molecule has 0 unspecified atom stereocenters. The average molecular weight is 386 g/mol. The van der Waals surface area contributed by atoms with Crippen molar-refractivity contribution in [1.29, 1.82) is 0 Å². The molecule has 0 heterocycles. The molecular weight excluding hydrogens is 369 g/mol. The molecule has 1 aromatic carbocycles. The van der Waals surface area contributed by atoms with E-state index in [1.165, 1.54) is 0 Å². The molecule has 0 bridgehead atoms. The highest BCUT2D eigenvalue weighted by Crippen LogP contribution is 2.32. The summed E-state index contributed by atoms with van der Waals surface area (Å²) in [5.41, 5.74) is 1.13. The quantitative estimate of drug-likeness (QED) is 0.582. The van der Waals surface area contributed by atoms with Crippen LogP contribution in [-0.2, 0) is 6.54 Å². The molecule has 0 aliphatic rings. The predicted molar refractivity (Wildman–Crippen MR) is 82.2 cm³/mol. The summed E-state index contributed by atoms with van der Waals surface area (Å²) < 4.78 is 7.63. The van der Waals surface area contributed by atoms with Crippen LogP contribution in [0.3, 0.4) is 0 Å². The Bertz CT molecular complexity index is 372. The highest BCUT2D eigenvalue weighted by molar-refractivity contribution is 9.11. The Balaban J connectivity index is 0.00000256. The van der Waals surface area contributed by atoms with E-state index in [1.54, 1.807) is 0 Å². The molecule has 1 N–H and O–H groups in total. The fourth-order valence-corrected chi connectivity index (χ4v) is 2.79. The van der Waals surface area contributed by atoms with Gasteiger partial charge in [-0.2, -0.15) is 0 Å². The standard InChI is InChI=1S/C12H15Br2NO.ClH/c1-3-5-15-8-9-6-10(13)7-11(14)12(9)16-4-2;/h3,6-7,15H,1,4-5,8H2,2H3;1H. The summed E-state index contributed by atoms with van der Waals surface area (Å²) in [7, 11) is 0. The first-order valence-corrected chi connectivity index (χ1v) is 6.70. The first-order valence-electron chi connectivity index (χ1n) is 5.11. The second-order valence-electron chi connectivity index (χ2n) is 3.23. The lowest BCUT2D eigenvalue weighted by Gasteiger charge is -2.13. The maximum absolute atomic E-state index is 5.62. The molecule has 0 saturated heterocycles. The summed E-state index contributed by atoms with van der Waals surface area (Å²) in [6.07, 6.45) is 1.84. The van der Waals surface area contributed by atoms with Crippen molar-refractivity contribution in [2.45, 2.75) is 13.5 Å². The monoisotopic (exact) mass is 383 g/mol. The minimum Gasteiger partial charge on any atom is -0.492 e. The van der Waals surface area contributed by atoms with Crippen LogP contribution in [0.4, 0.5) is 0 Å². The zero-order chi connectivity index (χ0) is 12.0. The number of hydrogen-bond acceptors (Lipinski definition) is 2. The molecule has 0 spiro atoms. The zero-order valence-corrected chi connectivity index (χ0v) is 13.6. The van der Waals surface area contributed by atoms with E-state index in [2.05, 4.69) is 49.8 Å². The van der Waals surface area contributed by atoms with E-state index in [4.69, 9.17) is 4.74 Å². The molecule has 0 aliphatic carbocycles. The first-order chi connectivity index (χ1) is 7.69. The van der Waals surface area contributed by atoms with Gasteiger partial charge in [-0.3, -0.25) is 0 Å². The van der Waals surface area contributed by atoms with Crippen LogP contribution in [-0.4, -0.2) is 13.2 Å². The Morgan fingerprint density at radius 2 is 2.12 bits per heavy atom. The van der Waals surface area contributed by atoms with Gasteiger partial charge in [-0.05, 0) is 35.0 Å². The minimum absolute atomic E-state index is 0. The lowest BCUT2D eigenvalue weighted by molar-refractivity contribution is 0.333. The maximum Gasteiger partial charge on any atom is 0.138 e. The van der Waals surface area contributed by atoms with Crippen LogP contribution < -0.4 is 10.1 Å². The van der Waals surface area contributed by atoms with E-state index in [9.17, 15) is 0 Å². The van der Waals surface area contributed by atoms with E-state index in [0.29, 0.717) is 6.61 Å². The second kappa shape index (κ2) is 8.97. The maximum atomic E-state index is 5.62. The number of benzene rings is 1. The Labute approximate surface area is 125 Å². The van der Waals surface area contributed by atoms with Gasteiger partial charge in [0, 0.05) is 23.1 Å². The van der Waals surface area contributed by atoms with E-state index in [0.717, 1.165) is 33.3 Å². The van der Waals surface area contributed by atoms with E-state index in [1.807, 2.05) is 19.1 Å². The number of hydrogen-bond donors (Lipinski definition) is 1. The molecule has 0 radical (unpaired) electrons. The average Bonchev–Trinajstić information content (AvgIpc) is 2.23. The molecule has 0 atom stereocenters. The second-order valence-corrected chi connectivity index (χ2v) is 5.00. The van der Waals surface area contributed by atoms with Crippen LogP contribution in [0.25, 0.3) is 0 Å². The molecule has 0 amide bonds. The predicted octanol–water partition coefficient (Wildman–Crippen LogP) is 4.31. The third-order valence-corrected chi connectivity index (χ3v) is 3.02. The van der Waals surface area contributed by atoms with Crippen LogP contribution in [0.15, 0.2) is 33.7 Å². The van der Waals surface area contributed by atoms with Crippen LogP contribution in [0, 0.1) is 0 Å². The molecule has 17 heavy (non-hydrogen) atoms. The Hall–Kier alpha value is -0.0300. The third kappa shape index (κ3) is 5.42. The normalized spacial score (nSPS) is 9.59. The first kappa shape index (κ1) is 17.0. The van der Waals surface area contributed by atoms with Gasteiger partial charge >= 0.3 is 0 Å². The summed E-state index contributed by atoms with van der Waals surface area (Å²) in [4.78, 5) is 0. The van der Waals surface area contributed by atoms with Gasteiger partial charge in [-0.1, -0.05) is 22.0 Å². The molecule has 0 saturated carbocycles. The van der Waals surface area contributed by atoms with Crippen LogP contribution >= 0.6 is 44.3 Å². The van der Waals surface area contributed by atoms with Crippen molar-refractivity contribution < 1.29 is 4.74 Å². The van der Waals surface area contributed by atoms with Crippen molar-refractivity contribution in [3.05, 3.63) is 39.3 Å². The zero-order valence-electron chi connectivity index (χ0n) is 9.63. The van der Waals surface area contributed by atoms with Crippen LogP contribution in [0.1, 0.15) is 12.5 Å². The van der Waals surface area contributed by atoms with Crippen LogP contribution in [0.2, 0.25) is 0 Å². The van der Waals surface area contributed by atoms with Gasteiger partial charge in [-0.25, -0.2) is 0 Å². The molecule has 1 aromatic rings. The number of nitrogens with one attached hydrogen (secondary N) is 1. The molecular formula is C12H16Br2ClNO.